The van der Waals surface area contributed by atoms with Gasteiger partial charge in [-0.2, -0.15) is 5.10 Å². The number of carbonyl (C=O) groups is 2. The smallest absolute Gasteiger partial charge is 0.254 e. The van der Waals surface area contributed by atoms with E-state index < -0.39 is 12.1 Å². The zero-order valence-corrected chi connectivity index (χ0v) is 16.2. The van der Waals surface area contributed by atoms with Gasteiger partial charge in [0.05, 0.1) is 12.2 Å². The second-order valence-electron chi connectivity index (χ2n) is 7.53. The number of amides is 2. The molecule has 1 saturated heterocycles. The van der Waals surface area contributed by atoms with Crippen LogP contribution in [-0.2, 0) is 27.8 Å². The van der Waals surface area contributed by atoms with E-state index in [4.69, 9.17) is 4.74 Å². The van der Waals surface area contributed by atoms with Crippen molar-refractivity contribution in [3.05, 3.63) is 48.0 Å². The van der Waals surface area contributed by atoms with Crippen LogP contribution in [0.3, 0.4) is 0 Å². The number of pyridine rings is 1. The van der Waals surface area contributed by atoms with Crippen molar-refractivity contribution in [3.8, 4) is 0 Å². The number of aromatic nitrogens is 3. The van der Waals surface area contributed by atoms with E-state index in [-0.39, 0.29) is 24.5 Å². The molecule has 2 amide bonds. The van der Waals surface area contributed by atoms with Crippen LogP contribution in [0, 0.1) is 0 Å². The zero-order chi connectivity index (χ0) is 19.7. The predicted molar refractivity (Wildman–Crippen MR) is 101 cm³/mol. The fourth-order valence-corrected chi connectivity index (χ4v) is 3.73. The first-order valence-corrected chi connectivity index (χ1v) is 9.60. The van der Waals surface area contributed by atoms with E-state index in [1.54, 1.807) is 35.2 Å². The Labute approximate surface area is 164 Å². The highest BCUT2D eigenvalue weighted by Gasteiger charge is 2.48. The van der Waals surface area contributed by atoms with Gasteiger partial charge in [0, 0.05) is 45.3 Å². The van der Waals surface area contributed by atoms with E-state index in [1.165, 1.54) is 0 Å². The Hall–Kier alpha value is -2.74. The Morgan fingerprint density at radius 2 is 2.18 bits per heavy atom. The van der Waals surface area contributed by atoms with Crippen molar-refractivity contribution in [2.24, 2.45) is 7.05 Å². The maximum atomic E-state index is 13.2. The van der Waals surface area contributed by atoms with Crippen LogP contribution in [0.15, 0.2) is 36.9 Å². The zero-order valence-electron chi connectivity index (χ0n) is 16.2. The molecule has 0 radical (unpaired) electrons. The fourth-order valence-electron chi connectivity index (χ4n) is 3.73. The molecule has 28 heavy (non-hydrogen) atoms. The summed E-state index contributed by atoms with van der Waals surface area (Å²) in [4.78, 5) is 33.5. The first kappa shape index (κ1) is 18.6. The Kier molecular flexibility index (Phi) is 5.13. The Morgan fingerprint density at radius 3 is 2.82 bits per heavy atom. The first-order valence-electron chi connectivity index (χ1n) is 9.60. The standard InChI is InChI=1S/C20H25N5O3/c1-23(9-7-14-10-22-24(2)12-14)20(27)19-18(15-4-3-8-21-11-15)25(16-5-6-16)17(26)13-28-19/h3-4,8,10-12,16,18-19H,5-7,9,13H2,1-2H3/t18-,19+/m1/s1. The van der Waals surface area contributed by atoms with Gasteiger partial charge >= 0.3 is 0 Å². The van der Waals surface area contributed by atoms with Crippen molar-refractivity contribution in [1.29, 1.82) is 0 Å². The summed E-state index contributed by atoms with van der Waals surface area (Å²) in [5.74, 6) is -0.172. The van der Waals surface area contributed by atoms with Crippen LogP contribution in [0.2, 0.25) is 0 Å². The van der Waals surface area contributed by atoms with Crippen LogP contribution in [-0.4, -0.2) is 68.7 Å². The van der Waals surface area contributed by atoms with Gasteiger partial charge in [-0.05, 0) is 36.5 Å². The maximum Gasteiger partial charge on any atom is 0.254 e. The van der Waals surface area contributed by atoms with Crippen LogP contribution in [0.5, 0.6) is 0 Å². The molecular weight excluding hydrogens is 358 g/mol. The van der Waals surface area contributed by atoms with Crippen LogP contribution in [0.25, 0.3) is 0 Å². The molecule has 2 aliphatic rings. The number of hydrogen-bond acceptors (Lipinski definition) is 5. The van der Waals surface area contributed by atoms with Crippen molar-refractivity contribution in [2.75, 3.05) is 20.2 Å². The van der Waals surface area contributed by atoms with Gasteiger partial charge in [0.25, 0.3) is 5.91 Å². The summed E-state index contributed by atoms with van der Waals surface area (Å²) in [6.45, 7) is 0.502. The molecule has 2 aromatic rings. The second-order valence-corrected chi connectivity index (χ2v) is 7.53. The molecule has 1 saturated carbocycles. The molecule has 1 aliphatic carbocycles. The third-order valence-corrected chi connectivity index (χ3v) is 5.34. The number of rotatable bonds is 6. The van der Waals surface area contributed by atoms with Crippen LogP contribution in [0.4, 0.5) is 0 Å². The second kappa shape index (κ2) is 7.71. The van der Waals surface area contributed by atoms with Gasteiger partial charge in [-0.15, -0.1) is 0 Å². The third-order valence-electron chi connectivity index (χ3n) is 5.34. The molecule has 148 valence electrons. The van der Waals surface area contributed by atoms with E-state index in [2.05, 4.69) is 10.1 Å². The van der Waals surface area contributed by atoms with Gasteiger partial charge < -0.3 is 14.5 Å². The molecule has 0 bridgehead atoms. The number of ether oxygens (including phenoxy) is 1. The topological polar surface area (TPSA) is 80.6 Å². The fraction of sp³-hybridized carbons (Fsp3) is 0.500. The van der Waals surface area contributed by atoms with Gasteiger partial charge in [-0.3, -0.25) is 19.3 Å². The monoisotopic (exact) mass is 383 g/mol. The Balaban J connectivity index is 1.53. The van der Waals surface area contributed by atoms with Gasteiger partial charge in [0.15, 0.2) is 6.10 Å². The van der Waals surface area contributed by atoms with Crippen LogP contribution >= 0.6 is 0 Å². The molecule has 2 fully saturated rings. The van der Waals surface area contributed by atoms with E-state index >= 15 is 0 Å². The average molecular weight is 383 g/mol. The van der Waals surface area contributed by atoms with E-state index in [9.17, 15) is 9.59 Å². The summed E-state index contributed by atoms with van der Waals surface area (Å²) in [5.41, 5.74) is 1.91. The summed E-state index contributed by atoms with van der Waals surface area (Å²) in [5, 5.41) is 4.16. The summed E-state index contributed by atoms with van der Waals surface area (Å²) in [6, 6.07) is 3.49. The molecule has 0 aromatic carbocycles. The molecule has 0 spiro atoms. The highest BCUT2D eigenvalue weighted by Crippen LogP contribution is 2.39. The van der Waals surface area contributed by atoms with Crippen LogP contribution in [0.1, 0.15) is 30.0 Å². The predicted octanol–water partition coefficient (Wildman–Crippen LogP) is 0.947. The van der Waals surface area contributed by atoms with Gasteiger partial charge in [0.2, 0.25) is 5.91 Å². The molecule has 2 aromatic heterocycles. The lowest BCUT2D eigenvalue weighted by molar-refractivity contribution is -0.169. The number of carbonyl (C=O) groups excluding carboxylic acids is 2. The van der Waals surface area contributed by atoms with Gasteiger partial charge in [0.1, 0.15) is 6.61 Å². The summed E-state index contributed by atoms with van der Waals surface area (Å²) >= 11 is 0. The number of morpholine rings is 1. The molecule has 8 nitrogen and oxygen atoms in total. The minimum atomic E-state index is -0.721. The quantitative estimate of drug-likeness (QED) is 0.742. The highest BCUT2D eigenvalue weighted by atomic mass is 16.5. The van der Waals surface area contributed by atoms with Crippen LogP contribution < -0.4 is 0 Å². The molecule has 1 aliphatic heterocycles. The third kappa shape index (κ3) is 3.77. The minimum absolute atomic E-state index is 0.0554. The summed E-state index contributed by atoms with van der Waals surface area (Å²) in [7, 11) is 3.65. The molecule has 0 N–H and O–H groups in total. The number of aryl methyl sites for hydroxylation is 1. The Bertz CT molecular complexity index is 849. The molecule has 4 rings (SSSR count). The van der Waals surface area contributed by atoms with Crippen molar-refractivity contribution in [3.63, 3.8) is 0 Å². The molecule has 0 unspecified atom stereocenters. The van der Waals surface area contributed by atoms with Crippen molar-refractivity contribution < 1.29 is 14.3 Å². The maximum absolute atomic E-state index is 13.2. The largest absolute Gasteiger partial charge is 0.356 e. The first-order chi connectivity index (χ1) is 13.5. The Morgan fingerprint density at radius 1 is 1.36 bits per heavy atom. The number of hydrogen-bond donors (Lipinski definition) is 0. The lowest BCUT2D eigenvalue weighted by Crippen LogP contribution is -2.55. The van der Waals surface area contributed by atoms with Gasteiger partial charge in [-0.25, -0.2) is 0 Å². The summed E-state index contributed by atoms with van der Waals surface area (Å²) < 4.78 is 7.53. The van der Waals surface area contributed by atoms with E-state index in [0.717, 1.165) is 24.0 Å². The summed E-state index contributed by atoms with van der Waals surface area (Å²) in [6.07, 6.45) is 9.10. The molecule has 2 atom stereocenters. The average Bonchev–Trinajstić information content (AvgIpc) is 3.46. The van der Waals surface area contributed by atoms with Crippen molar-refractivity contribution in [2.45, 2.75) is 37.5 Å². The molecule has 8 heteroatoms. The van der Waals surface area contributed by atoms with Crippen molar-refractivity contribution in [1.82, 2.24) is 24.6 Å². The number of likely N-dealkylation sites (N-methyl/N-ethyl adjacent to an activating group) is 1. The normalized spacial score (nSPS) is 22.4. The van der Waals surface area contributed by atoms with E-state index in [1.807, 2.05) is 30.3 Å². The highest BCUT2D eigenvalue weighted by molar-refractivity contribution is 5.86. The SMILES string of the molecule is CN(CCc1cnn(C)c1)C(=O)[C@H]1OCC(=O)N(C2CC2)[C@@H]1c1cccnc1. The minimum Gasteiger partial charge on any atom is -0.356 e. The van der Waals surface area contributed by atoms with Crippen molar-refractivity contribution >= 4 is 11.8 Å². The lowest BCUT2D eigenvalue weighted by atomic mass is 9.97. The van der Waals surface area contributed by atoms with E-state index in [0.29, 0.717) is 13.0 Å². The van der Waals surface area contributed by atoms with Gasteiger partial charge in [-0.1, -0.05) is 6.07 Å². The molecular formula is C20H25N5O3. The molecule has 3 heterocycles. The number of nitrogens with zero attached hydrogens (tertiary/aromatic N) is 5. The lowest BCUT2D eigenvalue weighted by Gasteiger charge is -2.41.